The zero-order chi connectivity index (χ0) is 16.6. The number of nitrogens with one attached hydrogen (secondary N) is 1. The lowest BCUT2D eigenvalue weighted by Crippen LogP contribution is -2.51. The van der Waals surface area contributed by atoms with Gasteiger partial charge < -0.3 is 16.0 Å². The number of aryl methyl sites for hydroxylation is 1. The van der Waals surface area contributed by atoms with Crippen molar-refractivity contribution in [2.75, 3.05) is 19.6 Å². The average molecular weight is 356 g/mol. The van der Waals surface area contributed by atoms with Crippen molar-refractivity contribution < 1.29 is 9.59 Å². The molecule has 0 bridgehead atoms. The molecule has 1 aromatic rings. The number of carbonyl (C=O) groups is 2. The van der Waals surface area contributed by atoms with E-state index >= 15 is 0 Å². The molecule has 4 atom stereocenters. The van der Waals surface area contributed by atoms with Crippen LogP contribution in [0.5, 0.6) is 0 Å². The Hall–Kier alpha value is -1.60. The smallest absolute Gasteiger partial charge is 0.227 e. The molecule has 3 N–H and O–H groups in total. The third-order valence-electron chi connectivity index (χ3n) is 5.25. The zero-order valence-corrected chi connectivity index (χ0v) is 15.0. The molecule has 134 valence electrons. The van der Waals surface area contributed by atoms with E-state index in [1.165, 1.54) is 0 Å². The van der Waals surface area contributed by atoms with Gasteiger partial charge in [-0.15, -0.1) is 12.4 Å². The summed E-state index contributed by atoms with van der Waals surface area (Å²) in [6.45, 7) is 3.95. The Balaban J connectivity index is 0.00000208. The van der Waals surface area contributed by atoms with Gasteiger partial charge in [0.05, 0.1) is 18.0 Å². The number of amides is 2. The second-order valence-electron chi connectivity index (χ2n) is 6.83. The summed E-state index contributed by atoms with van der Waals surface area (Å²) in [6, 6.07) is 0.160. The molecule has 2 aliphatic heterocycles. The van der Waals surface area contributed by atoms with Crippen molar-refractivity contribution in [3.63, 3.8) is 0 Å². The first-order valence-corrected chi connectivity index (χ1v) is 8.26. The Morgan fingerprint density at radius 2 is 2.08 bits per heavy atom. The number of hydrogen-bond donors (Lipinski definition) is 2. The molecule has 2 fully saturated rings. The number of piperidine rings is 1. The average Bonchev–Trinajstić information content (AvgIpc) is 3.15. The second kappa shape index (κ2) is 7.53. The van der Waals surface area contributed by atoms with Gasteiger partial charge in [-0.2, -0.15) is 5.10 Å². The van der Waals surface area contributed by atoms with Crippen LogP contribution in [0.15, 0.2) is 12.4 Å². The number of likely N-dealkylation sites (tertiary alicyclic amines) is 1. The summed E-state index contributed by atoms with van der Waals surface area (Å²) in [5.74, 6) is -0.364. The SMILES string of the molecule is CC1CCC(C(N)=O)CN1C(=O)[C@H]1CNC[C@@H]1c1cnn(C)c1.Cl. The molecule has 3 heterocycles. The van der Waals surface area contributed by atoms with Crippen molar-refractivity contribution in [1.29, 1.82) is 0 Å². The van der Waals surface area contributed by atoms with Gasteiger partial charge in [0, 0.05) is 44.8 Å². The number of carbonyl (C=O) groups excluding carboxylic acids is 2. The molecule has 24 heavy (non-hydrogen) atoms. The Morgan fingerprint density at radius 3 is 2.71 bits per heavy atom. The minimum Gasteiger partial charge on any atom is -0.369 e. The number of nitrogens with two attached hydrogens (primary N) is 1. The molecular formula is C16H26ClN5O2. The minimum atomic E-state index is -0.303. The van der Waals surface area contributed by atoms with Gasteiger partial charge in [-0.3, -0.25) is 14.3 Å². The summed E-state index contributed by atoms with van der Waals surface area (Å²) < 4.78 is 1.77. The predicted octanol–water partition coefficient (Wildman–Crippen LogP) is 0.257. The van der Waals surface area contributed by atoms with Gasteiger partial charge in [0.2, 0.25) is 11.8 Å². The molecule has 2 saturated heterocycles. The lowest BCUT2D eigenvalue weighted by atomic mass is 9.87. The number of halogens is 1. The molecule has 0 spiro atoms. The van der Waals surface area contributed by atoms with Crippen molar-refractivity contribution in [1.82, 2.24) is 20.0 Å². The highest BCUT2D eigenvalue weighted by Crippen LogP contribution is 2.32. The normalized spacial score (nSPS) is 30.0. The van der Waals surface area contributed by atoms with Gasteiger partial charge in [-0.1, -0.05) is 0 Å². The van der Waals surface area contributed by atoms with E-state index in [0.29, 0.717) is 13.1 Å². The quantitative estimate of drug-likeness (QED) is 0.813. The summed E-state index contributed by atoms with van der Waals surface area (Å²) in [5, 5.41) is 7.54. The van der Waals surface area contributed by atoms with E-state index in [0.717, 1.165) is 24.9 Å². The van der Waals surface area contributed by atoms with Crippen LogP contribution >= 0.6 is 12.4 Å². The van der Waals surface area contributed by atoms with Crippen LogP contribution in [0, 0.1) is 11.8 Å². The third kappa shape index (κ3) is 3.57. The van der Waals surface area contributed by atoms with Gasteiger partial charge in [-0.25, -0.2) is 0 Å². The number of rotatable bonds is 3. The maximum absolute atomic E-state index is 13.1. The Morgan fingerprint density at radius 1 is 1.33 bits per heavy atom. The van der Waals surface area contributed by atoms with Gasteiger partial charge >= 0.3 is 0 Å². The lowest BCUT2D eigenvalue weighted by molar-refractivity contribution is -0.141. The fourth-order valence-electron chi connectivity index (χ4n) is 3.78. The first-order chi connectivity index (χ1) is 11.0. The van der Waals surface area contributed by atoms with Gasteiger partial charge in [0.1, 0.15) is 0 Å². The van der Waals surface area contributed by atoms with E-state index in [2.05, 4.69) is 17.3 Å². The highest BCUT2D eigenvalue weighted by molar-refractivity contribution is 5.85. The Bertz CT molecular complexity index is 605. The standard InChI is InChI=1S/C16H25N5O2.ClH/c1-10-3-4-11(15(17)22)9-21(10)16(23)14-7-18-6-13(14)12-5-19-20(2)8-12;/h5,8,10-11,13-14,18H,3-4,6-7,9H2,1-2H3,(H2,17,22);1H/t10?,11?,13-,14+;/m1./s1. The molecule has 0 aliphatic carbocycles. The van der Waals surface area contributed by atoms with Crippen molar-refractivity contribution in [3.8, 4) is 0 Å². The lowest BCUT2D eigenvalue weighted by Gasteiger charge is -2.39. The van der Waals surface area contributed by atoms with Crippen LogP contribution in [-0.4, -0.2) is 52.2 Å². The van der Waals surface area contributed by atoms with Crippen molar-refractivity contribution in [2.45, 2.75) is 31.7 Å². The van der Waals surface area contributed by atoms with E-state index in [9.17, 15) is 9.59 Å². The third-order valence-corrected chi connectivity index (χ3v) is 5.25. The largest absolute Gasteiger partial charge is 0.369 e. The number of aromatic nitrogens is 2. The number of nitrogens with zero attached hydrogens (tertiary/aromatic N) is 3. The molecule has 2 amide bonds. The summed E-state index contributed by atoms with van der Waals surface area (Å²) in [7, 11) is 1.88. The van der Waals surface area contributed by atoms with Crippen LogP contribution in [0.4, 0.5) is 0 Å². The van der Waals surface area contributed by atoms with Crippen LogP contribution in [-0.2, 0) is 16.6 Å². The maximum atomic E-state index is 13.1. The first kappa shape index (κ1) is 18.7. The van der Waals surface area contributed by atoms with E-state index in [4.69, 9.17) is 5.73 Å². The van der Waals surface area contributed by atoms with Crippen molar-refractivity contribution in [2.24, 2.45) is 24.6 Å². The van der Waals surface area contributed by atoms with Crippen LogP contribution in [0.2, 0.25) is 0 Å². The molecule has 0 radical (unpaired) electrons. The molecule has 2 aliphatic rings. The van der Waals surface area contributed by atoms with Gasteiger partial charge in [-0.05, 0) is 25.3 Å². The molecule has 2 unspecified atom stereocenters. The van der Waals surface area contributed by atoms with Crippen LogP contribution < -0.4 is 11.1 Å². The molecule has 7 nitrogen and oxygen atoms in total. The predicted molar refractivity (Wildman–Crippen MR) is 92.7 cm³/mol. The Kier molecular flexibility index (Phi) is 5.87. The van der Waals surface area contributed by atoms with Crippen LogP contribution in [0.25, 0.3) is 0 Å². The van der Waals surface area contributed by atoms with Crippen LogP contribution in [0.3, 0.4) is 0 Å². The zero-order valence-electron chi connectivity index (χ0n) is 14.1. The molecule has 8 heteroatoms. The summed E-state index contributed by atoms with van der Waals surface area (Å²) in [5.41, 5.74) is 6.54. The fourth-order valence-corrected chi connectivity index (χ4v) is 3.78. The highest BCUT2D eigenvalue weighted by atomic mass is 35.5. The monoisotopic (exact) mass is 355 g/mol. The first-order valence-electron chi connectivity index (χ1n) is 8.26. The molecule has 0 aromatic carbocycles. The van der Waals surface area contributed by atoms with E-state index < -0.39 is 0 Å². The fraction of sp³-hybridized carbons (Fsp3) is 0.688. The summed E-state index contributed by atoms with van der Waals surface area (Å²) in [4.78, 5) is 26.4. The van der Waals surface area contributed by atoms with E-state index in [1.54, 1.807) is 4.68 Å². The molecule has 0 saturated carbocycles. The van der Waals surface area contributed by atoms with Gasteiger partial charge in [0.15, 0.2) is 0 Å². The second-order valence-corrected chi connectivity index (χ2v) is 6.83. The number of hydrogen-bond acceptors (Lipinski definition) is 4. The number of primary amides is 1. The molecule has 1 aromatic heterocycles. The molecular weight excluding hydrogens is 330 g/mol. The topological polar surface area (TPSA) is 93.2 Å². The highest BCUT2D eigenvalue weighted by Gasteiger charge is 2.40. The van der Waals surface area contributed by atoms with Crippen molar-refractivity contribution >= 4 is 24.2 Å². The van der Waals surface area contributed by atoms with Crippen LogP contribution in [0.1, 0.15) is 31.2 Å². The maximum Gasteiger partial charge on any atom is 0.227 e. The summed E-state index contributed by atoms with van der Waals surface area (Å²) in [6.07, 6.45) is 5.42. The minimum absolute atomic E-state index is 0. The Labute approximate surface area is 148 Å². The van der Waals surface area contributed by atoms with Gasteiger partial charge in [0.25, 0.3) is 0 Å². The van der Waals surface area contributed by atoms with E-state index in [-0.39, 0.29) is 48.0 Å². The summed E-state index contributed by atoms with van der Waals surface area (Å²) >= 11 is 0. The van der Waals surface area contributed by atoms with Crippen molar-refractivity contribution in [3.05, 3.63) is 18.0 Å². The molecule has 3 rings (SSSR count). The van der Waals surface area contributed by atoms with E-state index in [1.807, 2.05) is 24.3 Å².